The monoisotopic (exact) mass is 276 g/mol. The Morgan fingerprint density at radius 2 is 2.05 bits per heavy atom. The third-order valence-corrected chi connectivity index (χ3v) is 3.92. The summed E-state index contributed by atoms with van der Waals surface area (Å²) in [5, 5.41) is 9.10. The molecule has 0 amide bonds. The fourth-order valence-corrected chi connectivity index (χ4v) is 2.97. The van der Waals surface area contributed by atoms with E-state index >= 15 is 0 Å². The summed E-state index contributed by atoms with van der Waals surface area (Å²) in [5.41, 5.74) is 0.895. The van der Waals surface area contributed by atoms with Crippen molar-refractivity contribution in [3.05, 3.63) is 23.4 Å². The molecule has 4 nitrogen and oxygen atoms in total. The largest absolute Gasteiger partial charge is 0.478 e. The summed E-state index contributed by atoms with van der Waals surface area (Å²) in [7, 11) is 0. The number of rotatable bonds is 5. The number of aromatic carboxylic acids is 1. The molecule has 0 radical (unpaired) electrons. The molecule has 0 saturated heterocycles. The van der Waals surface area contributed by atoms with Crippen LogP contribution < -0.4 is 4.90 Å². The van der Waals surface area contributed by atoms with Crippen LogP contribution in [0.3, 0.4) is 0 Å². The summed E-state index contributed by atoms with van der Waals surface area (Å²) in [6, 6.07) is 4.10. The van der Waals surface area contributed by atoms with Crippen molar-refractivity contribution in [3.8, 4) is 0 Å². The van der Waals surface area contributed by atoms with Crippen molar-refractivity contribution in [1.29, 1.82) is 0 Å². The molecular formula is C16H24N2O2. The van der Waals surface area contributed by atoms with Gasteiger partial charge in [-0.2, -0.15) is 0 Å². The van der Waals surface area contributed by atoms with E-state index in [1.54, 1.807) is 13.0 Å². The molecule has 0 atom stereocenters. The van der Waals surface area contributed by atoms with Gasteiger partial charge in [-0.05, 0) is 37.8 Å². The molecule has 0 bridgehead atoms. The van der Waals surface area contributed by atoms with Crippen molar-refractivity contribution in [1.82, 2.24) is 4.98 Å². The van der Waals surface area contributed by atoms with Crippen LogP contribution in [0.1, 0.15) is 55.6 Å². The van der Waals surface area contributed by atoms with Crippen LogP contribution in [0, 0.1) is 12.8 Å². The first-order valence-electron chi connectivity index (χ1n) is 7.46. The molecule has 0 spiro atoms. The zero-order valence-electron chi connectivity index (χ0n) is 12.6. The Morgan fingerprint density at radius 3 is 2.55 bits per heavy atom. The highest BCUT2D eigenvalue weighted by atomic mass is 16.4. The maximum atomic E-state index is 11.1. The van der Waals surface area contributed by atoms with E-state index < -0.39 is 5.97 Å². The van der Waals surface area contributed by atoms with Crippen molar-refractivity contribution in [2.75, 3.05) is 11.4 Å². The van der Waals surface area contributed by atoms with Gasteiger partial charge in [0.25, 0.3) is 0 Å². The zero-order valence-corrected chi connectivity index (χ0v) is 12.6. The number of nitrogens with zero attached hydrogens (tertiary/aromatic N) is 2. The highest BCUT2D eigenvalue weighted by molar-refractivity contribution is 5.89. The molecule has 0 aromatic carbocycles. The second kappa shape index (κ2) is 6.25. The Hall–Kier alpha value is -1.58. The molecule has 1 aliphatic carbocycles. The lowest BCUT2D eigenvalue weighted by atomic mass is 10.1. The second-order valence-corrected chi connectivity index (χ2v) is 6.09. The predicted octanol–water partition coefficient (Wildman–Crippen LogP) is 3.49. The van der Waals surface area contributed by atoms with Crippen LogP contribution in [0.25, 0.3) is 0 Å². The SMILES string of the molecule is Cc1nc(N(CC(C)C)C2CCCC2)ccc1C(=O)O. The van der Waals surface area contributed by atoms with Crippen molar-refractivity contribution < 1.29 is 9.90 Å². The van der Waals surface area contributed by atoms with Crippen molar-refractivity contribution >= 4 is 11.8 Å². The van der Waals surface area contributed by atoms with Gasteiger partial charge in [0, 0.05) is 12.6 Å². The third kappa shape index (κ3) is 3.30. The van der Waals surface area contributed by atoms with Crippen molar-refractivity contribution in [2.24, 2.45) is 5.92 Å². The number of aromatic nitrogens is 1. The third-order valence-electron chi connectivity index (χ3n) is 3.92. The maximum absolute atomic E-state index is 11.1. The Kier molecular flexibility index (Phi) is 4.63. The van der Waals surface area contributed by atoms with Crippen molar-refractivity contribution in [3.63, 3.8) is 0 Å². The molecular weight excluding hydrogens is 252 g/mol. The average Bonchev–Trinajstić information content (AvgIpc) is 2.88. The summed E-state index contributed by atoms with van der Waals surface area (Å²) in [6.45, 7) is 7.17. The first-order valence-corrected chi connectivity index (χ1v) is 7.46. The van der Waals surface area contributed by atoms with Gasteiger partial charge in [-0.3, -0.25) is 0 Å². The average molecular weight is 276 g/mol. The highest BCUT2D eigenvalue weighted by Crippen LogP contribution is 2.28. The van der Waals surface area contributed by atoms with E-state index in [1.165, 1.54) is 25.7 Å². The topological polar surface area (TPSA) is 53.4 Å². The molecule has 1 fully saturated rings. The fraction of sp³-hybridized carbons (Fsp3) is 0.625. The fourth-order valence-electron chi connectivity index (χ4n) is 2.97. The van der Waals surface area contributed by atoms with Crippen LogP contribution in [0.15, 0.2) is 12.1 Å². The number of hydrogen-bond acceptors (Lipinski definition) is 3. The normalized spacial score (nSPS) is 15.8. The standard InChI is InChI=1S/C16H24N2O2/c1-11(2)10-18(13-6-4-5-7-13)15-9-8-14(16(19)20)12(3)17-15/h8-9,11,13H,4-7,10H2,1-3H3,(H,19,20). The Balaban J connectivity index is 2.28. The lowest BCUT2D eigenvalue weighted by Gasteiger charge is -2.32. The lowest BCUT2D eigenvalue weighted by Crippen LogP contribution is -2.37. The summed E-state index contributed by atoms with van der Waals surface area (Å²) < 4.78 is 0. The van der Waals surface area contributed by atoms with E-state index in [1.807, 2.05) is 6.07 Å². The van der Waals surface area contributed by atoms with Gasteiger partial charge in [0.2, 0.25) is 0 Å². The molecule has 1 heterocycles. The summed E-state index contributed by atoms with van der Waals surface area (Å²) in [6.07, 6.45) is 5.00. The molecule has 1 N–H and O–H groups in total. The molecule has 1 aliphatic rings. The first-order chi connectivity index (χ1) is 9.49. The van der Waals surface area contributed by atoms with Gasteiger partial charge in [-0.15, -0.1) is 0 Å². The minimum Gasteiger partial charge on any atom is -0.478 e. The molecule has 1 aromatic rings. The minimum absolute atomic E-state index is 0.296. The van der Waals surface area contributed by atoms with Crippen LogP contribution in [-0.2, 0) is 0 Å². The molecule has 0 unspecified atom stereocenters. The number of carbonyl (C=O) groups is 1. The van der Waals surface area contributed by atoms with Gasteiger partial charge in [-0.1, -0.05) is 26.7 Å². The predicted molar refractivity (Wildman–Crippen MR) is 80.4 cm³/mol. The number of aryl methyl sites for hydroxylation is 1. The van der Waals surface area contributed by atoms with Crippen LogP contribution in [-0.4, -0.2) is 28.6 Å². The summed E-state index contributed by atoms with van der Waals surface area (Å²) in [4.78, 5) is 18.0. The Morgan fingerprint density at radius 1 is 1.40 bits per heavy atom. The van der Waals surface area contributed by atoms with E-state index in [0.717, 1.165) is 12.4 Å². The molecule has 0 aliphatic heterocycles. The van der Waals surface area contributed by atoms with Gasteiger partial charge in [0.1, 0.15) is 5.82 Å². The van der Waals surface area contributed by atoms with Crippen LogP contribution >= 0.6 is 0 Å². The summed E-state index contributed by atoms with van der Waals surface area (Å²) in [5.74, 6) is 0.586. The number of carboxylic acid groups (broad SMARTS) is 1. The smallest absolute Gasteiger partial charge is 0.337 e. The lowest BCUT2D eigenvalue weighted by molar-refractivity contribution is 0.0695. The number of carboxylic acids is 1. The van der Waals surface area contributed by atoms with E-state index in [0.29, 0.717) is 23.2 Å². The van der Waals surface area contributed by atoms with Crippen LogP contribution in [0.5, 0.6) is 0 Å². The molecule has 20 heavy (non-hydrogen) atoms. The van der Waals surface area contributed by atoms with Crippen LogP contribution in [0.2, 0.25) is 0 Å². The van der Waals surface area contributed by atoms with Gasteiger partial charge in [-0.25, -0.2) is 9.78 Å². The molecule has 110 valence electrons. The maximum Gasteiger partial charge on any atom is 0.337 e. The molecule has 4 heteroatoms. The van der Waals surface area contributed by atoms with E-state index in [-0.39, 0.29) is 0 Å². The Bertz CT molecular complexity index is 479. The Labute approximate surface area is 120 Å². The van der Waals surface area contributed by atoms with Crippen LogP contribution in [0.4, 0.5) is 5.82 Å². The van der Waals surface area contributed by atoms with E-state index in [4.69, 9.17) is 5.11 Å². The second-order valence-electron chi connectivity index (χ2n) is 6.09. The first kappa shape index (κ1) is 14.8. The number of anilines is 1. The number of hydrogen-bond donors (Lipinski definition) is 1. The van der Waals surface area contributed by atoms with Gasteiger partial charge < -0.3 is 10.0 Å². The van der Waals surface area contributed by atoms with Gasteiger partial charge in [0.15, 0.2) is 0 Å². The highest BCUT2D eigenvalue weighted by Gasteiger charge is 2.25. The quantitative estimate of drug-likeness (QED) is 0.894. The van der Waals surface area contributed by atoms with Crippen molar-refractivity contribution in [2.45, 2.75) is 52.5 Å². The summed E-state index contributed by atoms with van der Waals surface area (Å²) >= 11 is 0. The van der Waals surface area contributed by atoms with Gasteiger partial charge in [0.05, 0.1) is 11.3 Å². The minimum atomic E-state index is -0.905. The van der Waals surface area contributed by atoms with Gasteiger partial charge >= 0.3 is 5.97 Å². The van der Waals surface area contributed by atoms with E-state index in [9.17, 15) is 4.79 Å². The van der Waals surface area contributed by atoms with E-state index in [2.05, 4.69) is 23.7 Å². The molecule has 2 rings (SSSR count). The molecule has 1 saturated carbocycles. The molecule has 1 aromatic heterocycles. The number of pyridine rings is 1. The zero-order chi connectivity index (χ0) is 14.7.